The average molecular weight is 284 g/mol. The Balaban J connectivity index is 1.49. The van der Waals surface area contributed by atoms with Crippen molar-refractivity contribution in [1.82, 2.24) is 5.43 Å². The Hall–Kier alpha value is -2.10. The molecule has 0 spiro atoms. The second-order valence-electron chi connectivity index (χ2n) is 5.83. The minimum absolute atomic E-state index is 0.00653. The van der Waals surface area contributed by atoms with E-state index in [1.54, 1.807) is 0 Å². The monoisotopic (exact) mass is 284 g/mol. The van der Waals surface area contributed by atoms with Crippen LogP contribution in [-0.4, -0.2) is 18.2 Å². The lowest BCUT2D eigenvalue weighted by atomic mass is 9.74. The van der Waals surface area contributed by atoms with Crippen LogP contribution in [0.2, 0.25) is 0 Å². The highest BCUT2D eigenvalue weighted by molar-refractivity contribution is 5.94. The first-order valence-corrected chi connectivity index (χ1v) is 7.35. The van der Waals surface area contributed by atoms with Gasteiger partial charge in [0.25, 0.3) is 5.91 Å². The second-order valence-corrected chi connectivity index (χ2v) is 5.83. The Bertz CT molecular complexity index is 619. The Kier molecular flexibility index (Phi) is 3.78. The molecule has 0 unspecified atom stereocenters. The molecule has 110 valence electrons. The van der Waals surface area contributed by atoms with Gasteiger partial charge >= 0.3 is 0 Å². The number of ether oxygens (including phenoxy) is 1. The van der Waals surface area contributed by atoms with E-state index >= 15 is 0 Å². The van der Waals surface area contributed by atoms with Gasteiger partial charge in [-0.25, -0.2) is 5.43 Å². The Morgan fingerprint density at radius 3 is 3.10 bits per heavy atom. The zero-order valence-corrected chi connectivity index (χ0v) is 12.4. The number of benzene rings is 1. The standard InChI is InChI=1S/C17H20N2O2/c1-11-6-7-12(2)16(8-11)21-10-17(20)19-18-15-9-13-4-3-5-14(13)15/h3-4,6-8,13-14H,5,9-10H2,1-2H3,(H,19,20)/b18-15-/t13-,14-/m0/s1. The van der Waals surface area contributed by atoms with Gasteiger partial charge in [0.1, 0.15) is 5.75 Å². The quantitative estimate of drug-likeness (QED) is 0.682. The maximum atomic E-state index is 11.8. The Labute approximate surface area is 124 Å². The number of aryl methyl sites for hydroxylation is 2. The van der Waals surface area contributed by atoms with Gasteiger partial charge in [-0.1, -0.05) is 24.3 Å². The fraction of sp³-hybridized carbons (Fsp3) is 0.412. The van der Waals surface area contributed by atoms with Crippen molar-refractivity contribution in [3.8, 4) is 5.75 Å². The minimum Gasteiger partial charge on any atom is -0.483 e. The van der Waals surface area contributed by atoms with Crippen LogP contribution in [-0.2, 0) is 4.79 Å². The Morgan fingerprint density at radius 2 is 2.29 bits per heavy atom. The van der Waals surface area contributed by atoms with Gasteiger partial charge in [-0.05, 0) is 49.8 Å². The smallest absolute Gasteiger partial charge is 0.277 e. The molecular formula is C17H20N2O2. The number of nitrogens with one attached hydrogen (secondary N) is 1. The van der Waals surface area contributed by atoms with Crippen molar-refractivity contribution in [3.63, 3.8) is 0 Å². The summed E-state index contributed by atoms with van der Waals surface area (Å²) in [7, 11) is 0. The molecule has 2 aliphatic carbocycles. The first-order valence-electron chi connectivity index (χ1n) is 7.35. The van der Waals surface area contributed by atoms with Crippen molar-refractivity contribution >= 4 is 11.6 Å². The highest BCUT2D eigenvalue weighted by Gasteiger charge is 2.37. The maximum absolute atomic E-state index is 11.8. The predicted octanol–water partition coefficient (Wildman–Crippen LogP) is 2.75. The molecule has 2 aliphatic rings. The van der Waals surface area contributed by atoms with Gasteiger partial charge in [0, 0.05) is 11.6 Å². The fourth-order valence-corrected chi connectivity index (χ4v) is 2.84. The first kappa shape index (κ1) is 13.9. The van der Waals surface area contributed by atoms with Crippen LogP contribution in [0.5, 0.6) is 5.75 Å². The van der Waals surface area contributed by atoms with Crippen molar-refractivity contribution in [2.24, 2.45) is 16.9 Å². The van der Waals surface area contributed by atoms with Crippen molar-refractivity contribution in [3.05, 3.63) is 41.5 Å². The third kappa shape index (κ3) is 2.99. The lowest BCUT2D eigenvalue weighted by Crippen LogP contribution is -2.36. The lowest BCUT2D eigenvalue weighted by molar-refractivity contribution is -0.123. The van der Waals surface area contributed by atoms with Gasteiger partial charge in [0.05, 0.1) is 0 Å². The summed E-state index contributed by atoms with van der Waals surface area (Å²) in [5, 5.41) is 4.22. The number of amides is 1. The molecule has 1 amide bonds. The third-order valence-corrected chi connectivity index (χ3v) is 4.19. The summed E-state index contributed by atoms with van der Waals surface area (Å²) in [6.45, 7) is 3.96. The fourth-order valence-electron chi connectivity index (χ4n) is 2.84. The van der Waals surface area contributed by atoms with E-state index in [4.69, 9.17) is 4.74 Å². The van der Waals surface area contributed by atoms with E-state index in [1.807, 2.05) is 32.0 Å². The van der Waals surface area contributed by atoms with E-state index < -0.39 is 0 Å². The van der Waals surface area contributed by atoms with Crippen LogP contribution in [0.3, 0.4) is 0 Å². The molecule has 0 bridgehead atoms. The molecule has 1 fully saturated rings. The SMILES string of the molecule is Cc1ccc(C)c(OCC(=O)N/N=C2/C[C@@H]3C=CC[C@H]23)c1. The highest BCUT2D eigenvalue weighted by atomic mass is 16.5. The topological polar surface area (TPSA) is 50.7 Å². The molecule has 0 aromatic heterocycles. The van der Waals surface area contributed by atoms with Gasteiger partial charge in [-0.3, -0.25) is 4.79 Å². The van der Waals surface area contributed by atoms with Crippen LogP contribution in [0.15, 0.2) is 35.5 Å². The van der Waals surface area contributed by atoms with Gasteiger partial charge in [-0.2, -0.15) is 5.10 Å². The van der Waals surface area contributed by atoms with Crippen molar-refractivity contribution in [2.45, 2.75) is 26.7 Å². The van der Waals surface area contributed by atoms with Crippen molar-refractivity contribution in [1.29, 1.82) is 0 Å². The Morgan fingerprint density at radius 1 is 1.43 bits per heavy atom. The van der Waals surface area contributed by atoms with E-state index in [0.717, 1.165) is 35.4 Å². The van der Waals surface area contributed by atoms with Crippen LogP contribution in [0, 0.1) is 25.7 Å². The van der Waals surface area contributed by atoms with Crippen LogP contribution >= 0.6 is 0 Å². The molecule has 3 rings (SSSR count). The normalized spacial score (nSPS) is 24.6. The molecule has 0 saturated heterocycles. The van der Waals surface area contributed by atoms with E-state index in [-0.39, 0.29) is 12.5 Å². The molecule has 1 N–H and O–H groups in total. The molecule has 0 heterocycles. The first-order chi connectivity index (χ1) is 10.1. The van der Waals surface area contributed by atoms with Crippen LogP contribution in [0.1, 0.15) is 24.0 Å². The molecule has 2 atom stereocenters. The van der Waals surface area contributed by atoms with Crippen molar-refractivity contribution in [2.75, 3.05) is 6.61 Å². The number of carbonyl (C=O) groups is 1. The predicted molar refractivity (Wildman–Crippen MR) is 82.3 cm³/mol. The number of fused-ring (bicyclic) bond motifs is 1. The zero-order chi connectivity index (χ0) is 14.8. The molecule has 4 nitrogen and oxygen atoms in total. The largest absolute Gasteiger partial charge is 0.483 e. The van der Waals surface area contributed by atoms with Crippen LogP contribution < -0.4 is 10.2 Å². The number of hydrogen-bond acceptors (Lipinski definition) is 3. The van der Waals surface area contributed by atoms with E-state index in [9.17, 15) is 4.79 Å². The van der Waals surface area contributed by atoms with Crippen LogP contribution in [0.25, 0.3) is 0 Å². The number of hydrazone groups is 1. The molecule has 1 aromatic carbocycles. The molecule has 0 radical (unpaired) electrons. The van der Waals surface area contributed by atoms with Crippen LogP contribution in [0.4, 0.5) is 0 Å². The summed E-state index contributed by atoms with van der Waals surface area (Å²) < 4.78 is 5.56. The molecular weight excluding hydrogens is 264 g/mol. The van der Waals surface area contributed by atoms with E-state index in [1.165, 1.54) is 0 Å². The maximum Gasteiger partial charge on any atom is 0.277 e. The summed E-state index contributed by atoms with van der Waals surface area (Å²) >= 11 is 0. The number of allylic oxidation sites excluding steroid dienone is 2. The number of rotatable bonds is 4. The van der Waals surface area contributed by atoms with Gasteiger partial charge < -0.3 is 4.74 Å². The van der Waals surface area contributed by atoms with Gasteiger partial charge in [-0.15, -0.1) is 0 Å². The molecule has 1 aromatic rings. The lowest BCUT2D eigenvalue weighted by Gasteiger charge is -2.31. The number of nitrogens with zero attached hydrogens (tertiary/aromatic N) is 1. The van der Waals surface area contributed by atoms with Crippen molar-refractivity contribution < 1.29 is 9.53 Å². The van der Waals surface area contributed by atoms with Gasteiger partial charge in [0.2, 0.25) is 0 Å². The zero-order valence-electron chi connectivity index (χ0n) is 12.4. The summed E-state index contributed by atoms with van der Waals surface area (Å²) in [5.74, 6) is 1.70. The molecule has 21 heavy (non-hydrogen) atoms. The summed E-state index contributed by atoms with van der Waals surface area (Å²) in [6.07, 6.45) is 6.47. The molecule has 1 saturated carbocycles. The highest BCUT2D eigenvalue weighted by Crippen LogP contribution is 2.39. The summed E-state index contributed by atoms with van der Waals surface area (Å²) in [5.41, 5.74) is 5.84. The molecule has 0 aliphatic heterocycles. The summed E-state index contributed by atoms with van der Waals surface area (Å²) in [6, 6.07) is 5.95. The second kappa shape index (κ2) is 5.72. The summed E-state index contributed by atoms with van der Waals surface area (Å²) in [4.78, 5) is 11.8. The minimum atomic E-state index is -0.210. The van der Waals surface area contributed by atoms with E-state index in [2.05, 4.69) is 22.7 Å². The number of hydrogen-bond donors (Lipinski definition) is 1. The number of carbonyl (C=O) groups excluding carboxylic acids is 1. The average Bonchev–Trinajstić information content (AvgIpc) is 2.81. The van der Waals surface area contributed by atoms with E-state index in [0.29, 0.717) is 11.8 Å². The third-order valence-electron chi connectivity index (χ3n) is 4.19. The van der Waals surface area contributed by atoms with Gasteiger partial charge in [0.15, 0.2) is 6.61 Å². The molecule has 4 heteroatoms.